The smallest absolute Gasteiger partial charge is 0.228 e. The topological polar surface area (TPSA) is 26.8 Å². The maximum absolute atomic E-state index is 12.8. The van der Waals surface area contributed by atoms with Crippen molar-refractivity contribution < 1.29 is 4.79 Å². The summed E-state index contributed by atoms with van der Waals surface area (Å²) in [4.78, 5) is 19.6. The number of para-hydroxylation sites is 2. The van der Waals surface area contributed by atoms with Crippen molar-refractivity contribution in [2.24, 2.45) is 0 Å². The molecule has 0 bridgehead atoms. The third kappa shape index (κ3) is 3.75. The average Bonchev–Trinajstić information content (AvgIpc) is 2.72. The van der Waals surface area contributed by atoms with E-state index in [1.54, 1.807) is 0 Å². The Balaban J connectivity index is 1.28. The molecule has 4 rings (SSSR count). The standard InChI is InChI=1S/C22H27N3O/c26-22(25-13-6-8-19-7-4-5-11-21(19)25)12-14-23-15-17-24(18-16-23)20-9-2-1-3-10-20/h1-5,7,9-11H,6,8,12-18H2. The molecule has 0 spiro atoms. The third-order valence-corrected chi connectivity index (χ3v) is 5.55. The molecule has 4 nitrogen and oxygen atoms in total. The van der Waals surface area contributed by atoms with Crippen LogP contribution in [0.1, 0.15) is 18.4 Å². The van der Waals surface area contributed by atoms with Crippen LogP contribution in [0.4, 0.5) is 11.4 Å². The van der Waals surface area contributed by atoms with Crippen molar-refractivity contribution in [1.29, 1.82) is 0 Å². The quantitative estimate of drug-likeness (QED) is 0.848. The van der Waals surface area contributed by atoms with Crippen molar-refractivity contribution in [3.63, 3.8) is 0 Å². The minimum atomic E-state index is 0.266. The zero-order valence-corrected chi connectivity index (χ0v) is 15.3. The summed E-state index contributed by atoms with van der Waals surface area (Å²) in [5.74, 6) is 0.266. The van der Waals surface area contributed by atoms with Gasteiger partial charge in [0.1, 0.15) is 0 Å². The first-order valence-corrected chi connectivity index (χ1v) is 9.72. The van der Waals surface area contributed by atoms with Gasteiger partial charge in [0.25, 0.3) is 0 Å². The molecule has 1 fully saturated rings. The fourth-order valence-electron chi connectivity index (χ4n) is 4.05. The lowest BCUT2D eigenvalue weighted by molar-refractivity contribution is -0.119. The van der Waals surface area contributed by atoms with Crippen molar-refractivity contribution in [2.75, 3.05) is 49.1 Å². The van der Waals surface area contributed by atoms with E-state index in [0.717, 1.165) is 57.8 Å². The molecule has 0 saturated carbocycles. The molecule has 0 N–H and O–H groups in total. The summed E-state index contributed by atoms with van der Waals surface area (Å²) in [5, 5.41) is 0. The van der Waals surface area contributed by atoms with E-state index in [4.69, 9.17) is 0 Å². The van der Waals surface area contributed by atoms with E-state index in [2.05, 4.69) is 58.3 Å². The minimum Gasteiger partial charge on any atom is -0.369 e. The molecule has 4 heteroatoms. The summed E-state index contributed by atoms with van der Waals surface area (Å²) in [5.41, 5.74) is 3.73. The molecule has 2 heterocycles. The maximum Gasteiger partial charge on any atom is 0.228 e. The van der Waals surface area contributed by atoms with Gasteiger partial charge in [0.15, 0.2) is 0 Å². The van der Waals surface area contributed by atoms with E-state index in [1.165, 1.54) is 11.3 Å². The zero-order valence-electron chi connectivity index (χ0n) is 15.3. The Morgan fingerprint density at radius 2 is 1.58 bits per heavy atom. The van der Waals surface area contributed by atoms with Crippen molar-refractivity contribution >= 4 is 17.3 Å². The van der Waals surface area contributed by atoms with Crippen LogP contribution in [-0.4, -0.2) is 50.1 Å². The van der Waals surface area contributed by atoms with Crippen LogP contribution in [0.25, 0.3) is 0 Å². The molecule has 2 aliphatic heterocycles. The molecule has 26 heavy (non-hydrogen) atoms. The lowest BCUT2D eigenvalue weighted by Crippen LogP contribution is -2.47. The second-order valence-corrected chi connectivity index (χ2v) is 7.19. The van der Waals surface area contributed by atoms with Gasteiger partial charge in [0.05, 0.1) is 0 Å². The van der Waals surface area contributed by atoms with Gasteiger partial charge in [-0.15, -0.1) is 0 Å². The largest absolute Gasteiger partial charge is 0.369 e. The third-order valence-electron chi connectivity index (χ3n) is 5.55. The molecule has 0 aromatic heterocycles. The van der Waals surface area contributed by atoms with Crippen LogP contribution in [0.2, 0.25) is 0 Å². The molecule has 2 aliphatic rings. The second-order valence-electron chi connectivity index (χ2n) is 7.19. The van der Waals surface area contributed by atoms with Crippen LogP contribution < -0.4 is 9.80 Å². The molecule has 0 aliphatic carbocycles. The van der Waals surface area contributed by atoms with Gasteiger partial charge < -0.3 is 9.80 Å². The van der Waals surface area contributed by atoms with Crippen molar-refractivity contribution in [3.8, 4) is 0 Å². The average molecular weight is 349 g/mol. The van der Waals surface area contributed by atoms with Gasteiger partial charge in [-0.05, 0) is 36.6 Å². The number of benzene rings is 2. The molecular formula is C22H27N3O. The lowest BCUT2D eigenvalue weighted by Gasteiger charge is -2.36. The summed E-state index contributed by atoms with van der Waals surface area (Å²) in [6.07, 6.45) is 2.76. The number of nitrogens with zero attached hydrogens (tertiary/aromatic N) is 3. The van der Waals surface area contributed by atoms with E-state index < -0.39 is 0 Å². The number of hydrogen-bond acceptors (Lipinski definition) is 3. The Kier molecular flexibility index (Phi) is 5.21. The van der Waals surface area contributed by atoms with Gasteiger partial charge in [-0.3, -0.25) is 9.69 Å². The van der Waals surface area contributed by atoms with Crippen LogP contribution in [-0.2, 0) is 11.2 Å². The molecule has 0 unspecified atom stereocenters. The molecule has 2 aromatic carbocycles. The first-order valence-electron chi connectivity index (χ1n) is 9.72. The number of anilines is 2. The van der Waals surface area contributed by atoms with Gasteiger partial charge >= 0.3 is 0 Å². The number of aryl methyl sites for hydroxylation is 1. The Hall–Kier alpha value is -2.33. The number of piperazine rings is 1. The van der Waals surface area contributed by atoms with Crippen molar-refractivity contribution in [1.82, 2.24) is 4.90 Å². The summed E-state index contributed by atoms with van der Waals surface area (Å²) in [7, 11) is 0. The van der Waals surface area contributed by atoms with E-state index in [0.29, 0.717) is 6.42 Å². The number of amides is 1. The number of hydrogen-bond donors (Lipinski definition) is 0. The molecular weight excluding hydrogens is 322 g/mol. The van der Waals surface area contributed by atoms with Gasteiger partial charge in [0, 0.05) is 57.1 Å². The van der Waals surface area contributed by atoms with Crippen LogP contribution in [0.15, 0.2) is 54.6 Å². The van der Waals surface area contributed by atoms with Crippen LogP contribution in [0.3, 0.4) is 0 Å². The van der Waals surface area contributed by atoms with Gasteiger partial charge in [0.2, 0.25) is 5.91 Å². The lowest BCUT2D eigenvalue weighted by atomic mass is 10.0. The summed E-state index contributed by atoms with van der Waals surface area (Å²) < 4.78 is 0. The van der Waals surface area contributed by atoms with E-state index in [1.807, 2.05) is 11.0 Å². The Morgan fingerprint density at radius 1 is 0.846 bits per heavy atom. The van der Waals surface area contributed by atoms with E-state index in [9.17, 15) is 4.79 Å². The van der Waals surface area contributed by atoms with Crippen LogP contribution in [0.5, 0.6) is 0 Å². The highest BCUT2D eigenvalue weighted by Crippen LogP contribution is 2.27. The molecule has 2 aromatic rings. The highest BCUT2D eigenvalue weighted by atomic mass is 16.2. The Labute approximate surface area is 156 Å². The highest BCUT2D eigenvalue weighted by Gasteiger charge is 2.23. The summed E-state index contributed by atoms with van der Waals surface area (Å²) >= 11 is 0. The molecule has 0 atom stereocenters. The van der Waals surface area contributed by atoms with Gasteiger partial charge in [-0.25, -0.2) is 0 Å². The van der Waals surface area contributed by atoms with Crippen LogP contribution >= 0.6 is 0 Å². The van der Waals surface area contributed by atoms with E-state index >= 15 is 0 Å². The molecule has 1 saturated heterocycles. The Bertz CT molecular complexity index is 738. The predicted octanol–water partition coefficient (Wildman–Crippen LogP) is 3.18. The first-order chi connectivity index (χ1) is 12.8. The Morgan fingerprint density at radius 3 is 2.38 bits per heavy atom. The number of carbonyl (C=O) groups excluding carboxylic acids is 1. The number of rotatable bonds is 4. The zero-order chi connectivity index (χ0) is 17.8. The highest BCUT2D eigenvalue weighted by molar-refractivity contribution is 5.94. The fourth-order valence-corrected chi connectivity index (χ4v) is 4.05. The SMILES string of the molecule is O=C(CCN1CCN(c2ccccc2)CC1)N1CCCc2ccccc21. The van der Waals surface area contributed by atoms with E-state index in [-0.39, 0.29) is 5.91 Å². The van der Waals surface area contributed by atoms with Gasteiger partial charge in [-0.1, -0.05) is 36.4 Å². The molecule has 1 amide bonds. The summed E-state index contributed by atoms with van der Waals surface area (Å²) in [6, 6.07) is 18.9. The van der Waals surface area contributed by atoms with Crippen molar-refractivity contribution in [3.05, 3.63) is 60.2 Å². The first kappa shape index (κ1) is 17.1. The van der Waals surface area contributed by atoms with Gasteiger partial charge in [-0.2, -0.15) is 0 Å². The number of carbonyl (C=O) groups is 1. The maximum atomic E-state index is 12.8. The minimum absolute atomic E-state index is 0.266. The molecule has 0 radical (unpaired) electrons. The summed E-state index contributed by atoms with van der Waals surface area (Å²) in [6.45, 7) is 5.84. The second kappa shape index (κ2) is 7.92. The van der Waals surface area contributed by atoms with Crippen LogP contribution in [0, 0.1) is 0 Å². The monoisotopic (exact) mass is 349 g/mol. The predicted molar refractivity (Wildman–Crippen MR) is 107 cm³/mol. The van der Waals surface area contributed by atoms with Crippen molar-refractivity contribution in [2.45, 2.75) is 19.3 Å². The number of fused-ring (bicyclic) bond motifs is 1. The fraction of sp³-hybridized carbons (Fsp3) is 0.409. The normalized spacial score (nSPS) is 17.8. The molecule has 136 valence electrons.